The lowest BCUT2D eigenvalue weighted by Gasteiger charge is -2.26. The topological polar surface area (TPSA) is 32.3 Å². The molecule has 1 aromatic rings. The summed E-state index contributed by atoms with van der Waals surface area (Å²) in [6.45, 7) is 6.37. The summed E-state index contributed by atoms with van der Waals surface area (Å²) in [5, 5.41) is 3.78. The second-order valence-electron chi connectivity index (χ2n) is 6.02. The van der Waals surface area contributed by atoms with Gasteiger partial charge in [0.05, 0.1) is 5.25 Å². The second-order valence-corrected chi connectivity index (χ2v) is 7.73. The van der Waals surface area contributed by atoms with Crippen molar-refractivity contribution in [2.45, 2.75) is 49.2 Å². The average molecular weight is 355 g/mol. The third kappa shape index (κ3) is 6.74. The molecular formula is C18H27ClN2OS. The first-order valence-electron chi connectivity index (χ1n) is 8.61. The van der Waals surface area contributed by atoms with Crippen molar-refractivity contribution >= 4 is 29.3 Å². The average Bonchev–Trinajstić information content (AvgIpc) is 2.59. The van der Waals surface area contributed by atoms with Crippen LogP contribution in [0.4, 0.5) is 0 Å². The Labute approximate surface area is 149 Å². The number of rotatable bonds is 8. The van der Waals surface area contributed by atoms with Crippen molar-refractivity contribution < 1.29 is 4.79 Å². The number of benzene rings is 1. The minimum Gasteiger partial charge on any atom is -0.355 e. The first-order valence-corrected chi connectivity index (χ1v) is 9.87. The van der Waals surface area contributed by atoms with E-state index >= 15 is 0 Å². The minimum atomic E-state index is -0.0360. The van der Waals surface area contributed by atoms with Gasteiger partial charge in [0.1, 0.15) is 0 Å². The van der Waals surface area contributed by atoms with Gasteiger partial charge in [-0.15, -0.1) is 11.8 Å². The number of carbonyl (C=O) groups excluding carboxylic acids is 1. The molecule has 0 unspecified atom stereocenters. The summed E-state index contributed by atoms with van der Waals surface area (Å²) in [4.78, 5) is 15.9. The Hall–Kier alpha value is -0.710. The van der Waals surface area contributed by atoms with Crippen molar-refractivity contribution in [3.8, 4) is 0 Å². The van der Waals surface area contributed by atoms with Crippen molar-refractivity contribution in [3.05, 3.63) is 29.3 Å². The Morgan fingerprint density at radius 2 is 1.96 bits per heavy atom. The highest BCUT2D eigenvalue weighted by molar-refractivity contribution is 8.00. The zero-order valence-corrected chi connectivity index (χ0v) is 15.5. The van der Waals surface area contributed by atoms with Crippen LogP contribution in [0.3, 0.4) is 0 Å². The molecule has 0 radical (unpaired) electrons. The number of piperidine rings is 1. The highest BCUT2D eigenvalue weighted by Crippen LogP contribution is 2.26. The number of hydrogen-bond acceptors (Lipinski definition) is 3. The SMILES string of the molecule is CC[C@H](Sc1ccc(Cl)cc1)C(=O)NCCCN1CCCCC1. The molecule has 3 nitrogen and oxygen atoms in total. The molecule has 1 aliphatic heterocycles. The van der Waals surface area contributed by atoms with Crippen LogP contribution in [0, 0.1) is 0 Å². The first kappa shape index (κ1) is 18.6. The van der Waals surface area contributed by atoms with Crippen molar-refractivity contribution in [2.75, 3.05) is 26.2 Å². The van der Waals surface area contributed by atoms with Crippen LogP contribution in [0.15, 0.2) is 29.2 Å². The molecule has 2 rings (SSSR count). The second kappa shape index (κ2) is 10.2. The zero-order valence-electron chi connectivity index (χ0n) is 13.9. The Bertz CT molecular complexity index is 474. The number of carbonyl (C=O) groups is 1. The number of nitrogens with one attached hydrogen (secondary N) is 1. The molecule has 1 heterocycles. The Balaban J connectivity index is 1.68. The van der Waals surface area contributed by atoms with Crippen LogP contribution in [0.5, 0.6) is 0 Å². The maximum atomic E-state index is 12.3. The largest absolute Gasteiger partial charge is 0.355 e. The van der Waals surface area contributed by atoms with Gasteiger partial charge in [-0.3, -0.25) is 4.79 Å². The van der Waals surface area contributed by atoms with E-state index in [0.717, 1.165) is 35.8 Å². The predicted octanol–water partition coefficient (Wildman–Crippen LogP) is 4.20. The highest BCUT2D eigenvalue weighted by atomic mass is 35.5. The van der Waals surface area contributed by atoms with Crippen LogP contribution < -0.4 is 5.32 Å². The van der Waals surface area contributed by atoms with E-state index in [-0.39, 0.29) is 11.2 Å². The fourth-order valence-corrected chi connectivity index (χ4v) is 3.92. The van der Waals surface area contributed by atoms with Gasteiger partial charge in [-0.05, 0) is 69.6 Å². The molecule has 0 aliphatic carbocycles. The number of thioether (sulfide) groups is 1. The molecule has 0 saturated carbocycles. The standard InChI is InChI=1S/C18H27ClN2OS/c1-2-17(23-16-9-7-15(19)8-10-16)18(22)20-11-6-14-21-12-4-3-5-13-21/h7-10,17H,2-6,11-14H2,1H3,(H,20,22)/t17-/m0/s1. The smallest absolute Gasteiger partial charge is 0.233 e. The van der Waals surface area contributed by atoms with Gasteiger partial charge in [0.15, 0.2) is 0 Å². The van der Waals surface area contributed by atoms with Gasteiger partial charge in [0, 0.05) is 16.5 Å². The molecule has 5 heteroatoms. The maximum absolute atomic E-state index is 12.3. The molecule has 23 heavy (non-hydrogen) atoms. The molecule has 1 saturated heterocycles. The number of halogens is 1. The summed E-state index contributed by atoms with van der Waals surface area (Å²) < 4.78 is 0. The Morgan fingerprint density at radius 3 is 2.61 bits per heavy atom. The zero-order chi connectivity index (χ0) is 16.5. The van der Waals surface area contributed by atoms with E-state index in [1.54, 1.807) is 11.8 Å². The maximum Gasteiger partial charge on any atom is 0.233 e. The van der Waals surface area contributed by atoms with Crippen molar-refractivity contribution in [1.29, 1.82) is 0 Å². The number of amides is 1. The summed E-state index contributed by atoms with van der Waals surface area (Å²) in [5.41, 5.74) is 0. The van der Waals surface area contributed by atoms with Gasteiger partial charge < -0.3 is 10.2 Å². The molecule has 0 bridgehead atoms. The van der Waals surface area contributed by atoms with Gasteiger partial charge in [-0.1, -0.05) is 24.9 Å². The first-order chi connectivity index (χ1) is 11.2. The lowest BCUT2D eigenvalue weighted by molar-refractivity contribution is -0.120. The van der Waals surface area contributed by atoms with E-state index in [0.29, 0.717) is 0 Å². The van der Waals surface area contributed by atoms with Gasteiger partial charge in [0.2, 0.25) is 5.91 Å². The summed E-state index contributed by atoms with van der Waals surface area (Å²) in [5.74, 6) is 0.145. The quantitative estimate of drug-likeness (QED) is 0.560. The van der Waals surface area contributed by atoms with Gasteiger partial charge >= 0.3 is 0 Å². The molecule has 0 aromatic heterocycles. The fraction of sp³-hybridized carbons (Fsp3) is 0.611. The van der Waals surface area contributed by atoms with E-state index in [1.165, 1.54) is 32.4 Å². The molecule has 0 spiro atoms. The van der Waals surface area contributed by atoms with Crippen LogP contribution >= 0.6 is 23.4 Å². The fourth-order valence-electron chi connectivity index (χ4n) is 2.81. The molecular weight excluding hydrogens is 328 g/mol. The van der Waals surface area contributed by atoms with Gasteiger partial charge in [-0.25, -0.2) is 0 Å². The molecule has 1 aliphatic rings. The van der Waals surface area contributed by atoms with E-state index in [4.69, 9.17) is 11.6 Å². The van der Waals surface area contributed by atoms with E-state index in [9.17, 15) is 4.79 Å². The minimum absolute atomic E-state index is 0.0360. The Kier molecular flexibility index (Phi) is 8.27. The van der Waals surface area contributed by atoms with E-state index < -0.39 is 0 Å². The van der Waals surface area contributed by atoms with Crippen LogP contribution in [-0.2, 0) is 4.79 Å². The summed E-state index contributed by atoms with van der Waals surface area (Å²) in [6, 6.07) is 7.68. The normalized spacial score (nSPS) is 17.0. The molecule has 128 valence electrons. The summed E-state index contributed by atoms with van der Waals surface area (Å²) >= 11 is 7.51. The predicted molar refractivity (Wildman–Crippen MR) is 99.3 cm³/mol. The van der Waals surface area contributed by atoms with Crippen molar-refractivity contribution in [3.63, 3.8) is 0 Å². The van der Waals surface area contributed by atoms with E-state index in [2.05, 4.69) is 17.1 Å². The molecule has 1 N–H and O–H groups in total. The number of nitrogens with zero attached hydrogens (tertiary/aromatic N) is 1. The van der Waals surface area contributed by atoms with Crippen LogP contribution in [-0.4, -0.2) is 42.2 Å². The lowest BCUT2D eigenvalue weighted by atomic mass is 10.1. The Morgan fingerprint density at radius 1 is 1.26 bits per heavy atom. The third-order valence-corrected chi connectivity index (χ3v) is 5.78. The van der Waals surface area contributed by atoms with Crippen LogP contribution in [0.2, 0.25) is 5.02 Å². The van der Waals surface area contributed by atoms with Gasteiger partial charge in [-0.2, -0.15) is 0 Å². The van der Waals surface area contributed by atoms with Crippen LogP contribution in [0.25, 0.3) is 0 Å². The molecule has 1 fully saturated rings. The number of hydrogen-bond donors (Lipinski definition) is 1. The molecule has 1 aromatic carbocycles. The monoisotopic (exact) mass is 354 g/mol. The number of likely N-dealkylation sites (tertiary alicyclic amines) is 1. The lowest BCUT2D eigenvalue weighted by Crippen LogP contribution is -2.36. The highest BCUT2D eigenvalue weighted by Gasteiger charge is 2.17. The molecule has 1 amide bonds. The van der Waals surface area contributed by atoms with E-state index in [1.807, 2.05) is 24.3 Å². The summed E-state index contributed by atoms with van der Waals surface area (Å²) in [6.07, 6.45) is 5.87. The van der Waals surface area contributed by atoms with Gasteiger partial charge in [0.25, 0.3) is 0 Å². The molecule has 1 atom stereocenters. The van der Waals surface area contributed by atoms with Crippen molar-refractivity contribution in [1.82, 2.24) is 10.2 Å². The summed E-state index contributed by atoms with van der Waals surface area (Å²) in [7, 11) is 0. The van der Waals surface area contributed by atoms with Crippen LogP contribution in [0.1, 0.15) is 39.0 Å². The van der Waals surface area contributed by atoms with Crippen molar-refractivity contribution in [2.24, 2.45) is 0 Å². The third-order valence-electron chi connectivity index (χ3n) is 4.15.